The SMILES string of the molecule is COC(=O)C(CO)NC(=O)c1cc(Br)cnc1Cl. The van der Waals surface area contributed by atoms with Crippen LogP contribution in [0.25, 0.3) is 0 Å². The summed E-state index contributed by atoms with van der Waals surface area (Å²) in [5.41, 5.74) is 0.0911. The topological polar surface area (TPSA) is 88.5 Å². The third kappa shape index (κ3) is 3.66. The van der Waals surface area contributed by atoms with Crippen molar-refractivity contribution in [2.45, 2.75) is 6.04 Å². The Morgan fingerprint density at radius 2 is 2.33 bits per heavy atom. The van der Waals surface area contributed by atoms with E-state index in [9.17, 15) is 9.59 Å². The van der Waals surface area contributed by atoms with E-state index in [1.165, 1.54) is 12.3 Å². The number of methoxy groups -OCH3 is 1. The predicted molar refractivity (Wildman–Crippen MR) is 67.3 cm³/mol. The molecule has 1 rings (SSSR count). The molecule has 0 aromatic carbocycles. The first kappa shape index (κ1) is 14.9. The highest BCUT2D eigenvalue weighted by Gasteiger charge is 2.22. The maximum absolute atomic E-state index is 11.8. The Balaban J connectivity index is 2.87. The van der Waals surface area contributed by atoms with E-state index in [1.54, 1.807) is 0 Å². The van der Waals surface area contributed by atoms with Crippen LogP contribution in [0.1, 0.15) is 10.4 Å². The molecule has 98 valence electrons. The van der Waals surface area contributed by atoms with Crippen LogP contribution in [0.15, 0.2) is 16.7 Å². The van der Waals surface area contributed by atoms with Crippen molar-refractivity contribution in [3.63, 3.8) is 0 Å². The van der Waals surface area contributed by atoms with Gasteiger partial charge in [-0.25, -0.2) is 9.78 Å². The summed E-state index contributed by atoms with van der Waals surface area (Å²) in [6.45, 7) is -0.572. The van der Waals surface area contributed by atoms with Crippen LogP contribution in [0.3, 0.4) is 0 Å². The smallest absolute Gasteiger partial charge is 0.330 e. The number of aliphatic hydroxyl groups excluding tert-OH is 1. The van der Waals surface area contributed by atoms with Crippen molar-refractivity contribution in [3.05, 3.63) is 27.5 Å². The monoisotopic (exact) mass is 336 g/mol. The lowest BCUT2D eigenvalue weighted by Gasteiger charge is -2.14. The molecular formula is C10H10BrClN2O4. The number of amides is 1. The number of halogens is 2. The van der Waals surface area contributed by atoms with Gasteiger partial charge in [0.2, 0.25) is 0 Å². The number of carbonyl (C=O) groups is 2. The predicted octanol–water partition coefficient (Wildman–Crippen LogP) is 0.761. The molecule has 0 aliphatic heterocycles. The first-order valence-electron chi connectivity index (χ1n) is 4.80. The molecule has 0 spiro atoms. The molecule has 0 aliphatic carbocycles. The number of ether oxygens (including phenoxy) is 1. The zero-order valence-electron chi connectivity index (χ0n) is 9.31. The summed E-state index contributed by atoms with van der Waals surface area (Å²) < 4.78 is 4.99. The normalized spacial score (nSPS) is 11.8. The maximum atomic E-state index is 11.8. The third-order valence-electron chi connectivity index (χ3n) is 2.02. The van der Waals surface area contributed by atoms with Gasteiger partial charge in [-0.2, -0.15) is 0 Å². The minimum Gasteiger partial charge on any atom is -0.467 e. The van der Waals surface area contributed by atoms with Gasteiger partial charge >= 0.3 is 5.97 Å². The Morgan fingerprint density at radius 1 is 1.67 bits per heavy atom. The van der Waals surface area contributed by atoms with E-state index >= 15 is 0 Å². The van der Waals surface area contributed by atoms with Crippen molar-refractivity contribution in [1.82, 2.24) is 10.3 Å². The minimum absolute atomic E-state index is 0.00254. The van der Waals surface area contributed by atoms with Gasteiger partial charge in [0.1, 0.15) is 5.15 Å². The number of aliphatic hydroxyl groups is 1. The van der Waals surface area contributed by atoms with E-state index in [0.717, 1.165) is 7.11 Å². The number of rotatable bonds is 4. The van der Waals surface area contributed by atoms with Crippen LogP contribution in [0, 0.1) is 0 Å². The average Bonchev–Trinajstić information content (AvgIpc) is 2.37. The fourth-order valence-electron chi connectivity index (χ4n) is 1.14. The highest BCUT2D eigenvalue weighted by molar-refractivity contribution is 9.10. The van der Waals surface area contributed by atoms with Gasteiger partial charge in [0.15, 0.2) is 6.04 Å². The Hall–Kier alpha value is -1.18. The van der Waals surface area contributed by atoms with Crippen LogP contribution in [-0.2, 0) is 9.53 Å². The second-order valence-corrected chi connectivity index (χ2v) is 4.50. The molecule has 1 aromatic rings. The van der Waals surface area contributed by atoms with Gasteiger partial charge in [-0.15, -0.1) is 0 Å². The lowest BCUT2D eigenvalue weighted by Crippen LogP contribution is -2.44. The number of pyridine rings is 1. The van der Waals surface area contributed by atoms with Crippen molar-refractivity contribution in [2.75, 3.05) is 13.7 Å². The van der Waals surface area contributed by atoms with Crippen LogP contribution in [0.2, 0.25) is 5.15 Å². The zero-order valence-corrected chi connectivity index (χ0v) is 11.7. The van der Waals surface area contributed by atoms with Gasteiger partial charge in [-0.05, 0) is 22.0 Å². The molecule has 1 amide bonds. The summed E-state index contributed by atoms with van der Waals surface area (Å²) in [4.78, 5) is 26.8. The quantitative estimate of drug-likeness (QED) is 0.625. The standard InChI is InChI=1S/C10H10BrClN2O4/c1-18-10(17)7(4-15)14-9(16)6-2-5(11)3-13-8(6)12/h2-3,7,15H,4H2,1H3,(H,14,16). The number of nitrogens with one attached hydrogen (secondary N) is 1. The van der Waals surface area contributed by atoms with Crippen molar-refractivity contribution >= 4 is 39.4 Å². The second-order valence-electron chi connectivity index (χ2n) is 3.22. The Bertz CT molecular complexity index is 469. The van der Waals surface area contributed by atoms with Gasteiger partial charge in [0, 0.05) is 10.7 Å². The van der Waals surface area contributed by atoms with E-state index in [1.807, 2.05) is 0 Å². The lowest BCUT2D eigenvalue weighted by molar-refractivity contribution is -0.143. The molecule has 0 aliphatic rings. The van der Waals surface area contributed by atoms with E-state index in [0.29, 0.717) is 4.47 Å². The molecule has 0 saturated carbocycles. The first-order chi connectivity index (χ1) is 8.49. The molecule has 0 bridgehead atoms. The van der Waals surface area contributed by atoms with E-state index in [2.05, 4.69) is 31.0 Å². The number of aromatic nitrogens is 1. The van der Waals surface area contributed by atoms with Gasteiger partial charge in [0.25, 0.3) is 5.91 Å². The summed E-state index contributed by atoms with van der Waals surface area (Å²) in [7, 11) is 1.16. The Kier molecular flexibility index (Phi) is 5.52. The molecule has 0 fully saturated rings. The van der Waals surface area contributed by atoms with Gasteiger partial charge in [0.05, 0.1) is 19.3 Å². The molecular weight excluding hydrogens is 327 g/mol. The van der Waals surface area contributed by atoms with Crippen LogP contribution < -0.4 is 5.32 Å². The summed E-state index contributed by atoms with van der Waals surface area (Å²) in [5, 5.41) is 11.3. The molecule has 6 nitrogen and oxygen atoms in total. The summed E-state index contributed by atoms with van der Waals surface area (Å²) in [6, 6.07) is 0.314. The van der Waals surface area contributed by atoms with Crippen LogP contribution in [0.4, 0.5) is 0 Å². The summed E-state index contributed by atoms with van der Waals surface area (Å²) in [5.74, 6) is -1.37. The van der Waals surface area contributed by atoms with E-state index in [-0.39, 0.29) is 10.7 Å². The van der Waals surface area contributed by atoms with E-state index in [4.69, 9.17) is 16.7 Å². The fourth-order valence-corrected chi connectivity index (χ4v) is 1.66. The van der Waals surface area contributed by atoms with Gasteiger partial charge < -0.3 is 15.2 Å². The first-order valence-corrected chi connectivity index (χ1v) is 5.97. The largest absolute Gasteiger partial charge is 0.467 e. The number of carbonyl (C=O) groups excluding carboxylic acids is 2. The van der Waals surface area contributed by atoms with E-state index < -0.39 is 24.5 Å². The molecule has 1 heterocycles. The summed E-state index contributed by atoms with van der Waals surface area (Å²) in [6.07, 6.45) is 1.43. The number of hydrogen-bond acceptors (Lipinski definition) is 5. The molecule has 8 heteroatoms. The van der Waals surface area contributed by atoms with Crippen molar-refractivity contribution < 1.29 is 19.4 Å². The summed E-state index contributed by atoms with van der Waals surface area (Å²) >= 11 is 8.91. The molecule has 18 heavy (non-hydrogen) atoms. The van der Waals surface area contributed by atoms with Crippen LogP contribution in [-0.4, -0.2) is 41.7 Å². The number of nitrogens with zero attached hydrogens (tertiary/aromatic N) is 1. The zero-order chi connectivity index (χ0) is 13.7. The third-order valence-corrected chi connectivity index (χ3v) is 2.76. The molecule has 1 aromatic heterocycles. The molecule has 1 unspecified atom stereocenters. The minimum atomic E-state index is -1.14. The van der Waals surface area contributed by atoms with Crippen molar-refractivity contribution in [2.24, 2.45) is 0 Å². The van der Waals surface area contributed by atoms with Crippen LogP contribution in [0.5, 0.6) is 0 Å². The molecule has 0 saturated heterocycles. The lowest BCUT2D eigenvalue weighted by atomic mass is 10.2. The number of hydrogen-bond donors (Lipinski definition) is 2. The maximum Gasteiger partial charge on any atom is 0.330 e. The van der Waals surface area contributed by atoms with Crippen molar-refractivity contribution in [3.8, 4) is 0 Å². The van der Waals surface area contributed by atoms with Crippen molar-refractivity contribution in [1.29, 1.82) is 0 Å². The Morgan fingerprint density at radius 3 is 2.89 bits per heavy atom. The molecule has 2 N–H and O–H groups in total. The van der Waals surface area contributed by atoms with Crippen LogP contribution >= 0.6 is 27.5 Å². The average molecular weight is 338 g/mol. The Labute approximate surface area is 116 Å². The highest BCUT2D eigenvalue weighted by Crippen LogP contribution is 2.17. The molecule has 1 atom stereocenters. The fraction of sp³-hybridized carbons (Fsp3) is 0.300. The second kappa shape index (κ2) is 6.67. The van der Waals surface area contributed by atoms with Gasteiger partial charge in [-0.1, -0.05) is 11.6 Å². The molecule has 0 radical (unpaired) electrons. The van der Waals surface area contributed by atoms with Gasteiger partial charge in [-0.3, -0.25) is 4.79 Å². The number of esters is 1. The highest BCUT2D eigenvalue weighted by atomic mass is 79.9.